The monoisotopic (exact) mass is 286 g/mol. The van der Waals surface area contributed by atoms with Crippen molar-refractivity contribution < 1.29 is 4.74 Å². The lowest BCUT2D eigenvalue weighted by Crippen LogP contribution is -2.01. The van der Waals surface area contributed by atoms with Gasteiger partial charge < -0.3 is 15.8 Å². The minimum absolute atomic E-state index is 0.591. The molecule has 2 aromatic rings. The minimum atomic E-state index is 0.591. The topological polar surface area (TPSA) is 73.1 Å². The van der Waals surface area contributed by atoms with Gasteiger partial charge >= 0.3 is 0 Å². The summed E-state index contributed by atoms with van der Waals surface area (Å²) in [6.45, 7) is 3.43. The van der Waals surface area contributed by atoms with E-state index in [1.54, 1.807) is 0 Å². The van der Waals surface area contributed by atoms with Gasteiger partial charge in [0.2, 0.25) is 5.88 Å². The smallest absolute Gasteiger partial charge is 0.218 e. The first kappa shape index (κ1) is 15.3. The third kappa shape index (κ3) is 5.04. The van der Waals surface area contributed by atoms with Crippen LogP contribution < -0.4 is 15.8 Å². The van der Waals surface area contributed by atoms with Crippen molar-refractivity contribution in [2.24, 2.45) is 5.73 Å². The molecule has 0 fully saturated rings. The van der Waals surface area contributed by atoms with Gasteiger partial charge in [0.1, 0.15) is 12.1 Å². The molecule has 0 bridgehead atoms. The maximum atomic E-state index is 5.55. The third-order valence-electron chi connectivity index (χ3n) is 2.97. The SMILES string of the molecule is CCCOc1cc(Nc2cccc(CCCN)c2)ncn1. The molecular formula is C16H22N4O. The maximum absolute atomic E-state index is 5.55. The van der Waals surface area contributed by atoms with E-state index in [0.717, 1.165) is 30.8 Å². The van der Waals surface area contributed by atoms with E-state index in [2.05, 4.69) is 34.3 Å². The first-order valence-electron chi connectivity index (χ1n) is 7.32. The molecule has 0 unspecified atom stereocenters. The van der Waals surface area contributed by atoms with Crippen molar-refractivity contribution in [3.05, 3.63) is 42.2 Å². The van der Waals surface area contributed by atoms with Crippen LogP contribution in [0.5, 0.6) is 5.88 Å². The van der Waals surface area contributed by atoms with Crippen LogP contribution in [-0.2, 0) is 6.42 Å². The van der Waals surface area contributed by atoms with Gasteiger partial charge in [0, 0.05) is 11.8 Å². The van der Waals surface area contributed by atoms with Crippen LogP contribution in [0.2, 0.25) is 0 Å². The molecule has 0 saturated carbocycles. The molecule has 3 N–H and O–H groups in total. The molecule has 2 rings (SSSR count). The van der Waals surface area contributed by atoms with E-state index >= 15 is 0 Å². The van der Waals surface area contributed by atoms with Gasteiger partial charge in [-0.3, -0.25) is 0 Å². The number of ether oxygens (including phenoxy) is 1. The molecule has 0 aliphatic rings. The molecule has 112 valence electrons. The highest BCUT2D eigenvalue weighted by atomic mass is 16.5. The second-order valence-corrected chi connectivity index (χ2v) is 4.81. The van der Waals surface area contributed by atoms with Gasteiger partial charge in [-0.1, -0.05) is 19.1 Å². The lowest BCUT2D eigenvalue weighted by Gasteiger charge is -2.09. The predicted molar refractivity (Wildman–Crippen MR) is 84.9 cm³/mol. The van der Waals surface area contributed by atoms with Crippen molar-refractivity contribution in [3.63, 3.8) is 0 Å². The fraction of sp³-hybridized carbons (Fsp3) is 0.375. The van der Waals surface area contributed by atoms with E-state index in [1.165, 1.54) is 11.9 Å². The van der Waals surface area contributed by atoms with E-state index in [-0.39, 0.29) is 0 Å². The van der Waals surface area contributed by atoms with Crippen LogP contribution in [0, 0.1) is 0 Å². The van der Waals surface area contributed by atoms with Gasteiger partial charge in [0.25, 0.3) is 0 Å². The molecule has 5 nitrogen and oxygen atoms in total. The highest BCUT2D eigenvalue weighted by Gasteiger charge is 2.01. The Kier molecular flexibility index (Phi) is 5.97. The summed E-state index contributed by atoms with van der Waals surface area (Å²) in [6.07, 6.45) is 4.44. The number of nitrogens with zero attached hydrogens (tertiary/aromatic N) is 2. The van der Waals surface area contributed by atoms with Gasteiger partial charge in [0.05, 0.1) is 6.61 Å². The number of nitrogens with two attached hydrogens (primary N) is 1. The van der Waals surface area contributed by atoms with Crippen molar-refractivity contribution in [1.82, 2.24) is 9.97 Å². The molecule has 1 aromatic heterocycles. The zero-order valence-electron chi connectivity index (χ0n) is 12.4. The number of rotatable bonds is 8. The Morgan fingerprint density at radius 2 is 2.14 bits per heavy atom. The summed E-state index contributed by atoms with van der Waals surface area (Å²) >= 11 is 0. The highest BCUT2D eigenvalue weighted by Crippen LogP contribution is 2.19. The number of nitrogens with one attached hydrogen (secondary N) is 1. The second kappa shape index (κ2) is 8.21. The quantitative estimate of drug-likeness (QED) is 0.780. The van der Waals surface area contributed by atoms with Crippen LogP contribution in [0.1, 0.15) is 25.3 Å². The number of aryl methyl sites for hydroxylation is 1. The molecule has 1 heterocycles. The summed E-state index contributed by atoms with van der Waals surface area (Å²) in [7, 11) is 0. The molecule has 0 radical (unpaired) electrons. The van der Waals surface area contributed by atoms with Crippen LogP contribution in [0.25, 0.3) is 0 Å². The fourth-order valence-electron chi connectivity index (χ4n) is 1.95. The van der Waals surface area contributed by atoms with Gasteiger partial charge in [-0.25, -0.2) is 9.97 Å². The zero-order chi connectivity index (χ0) is 14.9. The molecule has 21 heavy (non-hydrogen) atoms. The summed E-state index contributed by atoms with van der Waals surface area (Å²) in [4.78, 5) is 8.30. The Balaban J connectivity index is 2.03. The summed E-state index contributed by atoms with van der Waals surface area (Å²) in [5, 5.41) is 3.28. The predicted octanol–water partition coefficient (Wildman–Crippen LogP) is 2.90. The van der Waals surface area contributed by atoms with Gasteiger partial charge in [-0.05, 0) is 43.5 Å². The molecule has 0 atom stereocenters. The van der Waals surface area contributed by atoms with Crippen LogP contribution in [-0.4, -0.2) is 23.1 Å². The van der Waals surface area contributed by atoms with Gasteiger partial charge in [0.15, 0.2) is 0 Å². The summed E-state index contributed by atoms with van der Waals surface area (Å²) in [6, 6.07) is 10.1. The molecule has 0 aliphatic carbocycles. The summed E-state index contributed by atoms with van der Waals surface area (Å²) < 4.78 is 5.51. The normalized spacial score (nSPS) is 10.4. The molecule has 1 aromatic carbocycles. The minimum Gasteiger partial charge on any atom is -0.478 e. The Morgan fingerprint density at radius 1 is 1.24 bits per heavy atom. The zero-order valence-corrected chi connectivity index (χ0v) is 12.4. The van der Waals surface area contributed by atoms with E-state index in [9.17, 15) is 0 Å². The first-order valence-corrected chi connectivity index (χ1v) is 7.32. The number of aromatic nitrogens is 2. The van der Waals surface area contributed by atoms with E-state index in [4.69, 9.17) is 10.5 Å². The van der Waals surface area contributed by atoms with E-state index in [1.807, 2.05) is 18.2 Å². The van der Waals surface area contributed by atoms with Gasteiger partial charge in [-0.15, -0.1) is 0 Å². The Bertz CT molecular complexity index is 510. The molecule has 0 aliphatic heterocycles. The number of hydrogen-bond acceptors (Lipinski definition) is 5. The average Bonchev–Trinajstić information content (AvgIpc) is 2.52. The van der Waals surface area contributed by atoms with Crippen molar-refractivity contribution >= 4 is 11.5 Å². The largest absolute Gasteiger partial charge is 0.478 e. The van der Waals surface area contributed by atoms with Crippen LogP contribution in [0.4, 0.5) is 11.5 Å². The number of anilines is 2. The highest BCUT2D eigenvalue weighted by molar-refractivity contribution is 5.57. The first-order chi connectivity index (χ1) is 10.3. The maximum Gasteiger partial charge on any atom is 0.218 e. The molecule has 0 spiro atoms. The number of hydrogen-bond donors (Lipinski definition) is 2. The lowest BCUT2D eigenvalue weighted by atomic mass is 10.1. The number of benzene rings is 1. The van der Waals surface area contributed by atoms with Crippen molar-refractivity contribution in [2.75, 3.05) is 18.5 Å². The van der Waals surface area contributed by atoms with Crippen molar-refractivity contribution in [1.29, 1.82) is 0 Å². The third-order valence-corrected chi connectivity index (χ3v) is 2.97. The van der Waals surface area contributed by atoms with Crippen LogP contribution in [0.15, 0.2) is 36.7 Å². The lowest BCUT2D eigenvalue weighted by molar-refractivity contribution is 0.305. The molecule has 5 heteroatoms. The molecular weight excluding hydrogens is 264 g/mol. The van der Waals surface area contributed by atoms with E-state index < -0.39 is 0 Å². The summed E-state index contributed by atoms with van der Waals surface area (Å²) in [5.41, 5.74) is 7.82. The van der Waals surface area contributed by atoms with E-state index in [0.29, 0.717) is 19.0 Å². The van der Waals surface area contributed by atoms with Crippen molar-refractivity contribution in [2.45, 2.75) is 26.2 Å². The molecule has 0 saturated heterocycles. The molecule has 0 amide bonds. The Morgan fingerprint density at radius 3 is 2.95 bits per heavy atom. The Labute approximate surface area is 125 Å². The fourth-order valence-corrected chi connectivity index (χ4v) is 1.95. The van der Waals surface area contributed by atoms with Crippen molar-refractivity contribution in [3.8, 4) is 5.88 Å². The summed E-state index contributed by atoms with van der Waals surface area (Å²) in [5.74, 6) is 1.32. The van der Waals surface area contributed by atoms with Crippen LogP contribution in [0.3, 0.4) is 0 Å². The average molecular weight is 286 g/mol. The second-order valence-electron chi connectivity index (χ2n) is 4.81. The van der Waals surface area contributed by atoms with Crippen LogP contribution >= 0.6 is 0 Å². The Hall–Kier alpha value is -2.14. The van der Waals surface area contributed by atoms with Gasteiger partial charge in [-0.2, -0.15) is 0 Å². The standard InChI is InChI=1S/C16H22N4O/c1-2-9-21-16-11-15(18-12-19-16)20-14-7-3-5-13(10-14)6-4-8-17/h3,5,7,10-12H,2,4,6,8-9,17H2,1H3,(H,18,19,20).